The highest BCUT2D eigenvalue weighted by molar-refractivity contribution is 6.30. The van der Waals surface area contributed by atoms with Crippen LogP contribution in [0.1, 0.15) is 68.7 Å². The van der Waals surface area contributed by atoms with E-state index < -0.39 is 18.1 Å². The van der Waals surface area contributed by atoms with Gasteiger partial charge in [-0.15, -0.1) is 28.4 Å². The first-order chi connectivity index (χ1) is 18.8. The van der Waals surface area contributed by atoms with Crippen LogP contribution in [0, 0.1) is 0 Å². The number of carbonyl (C=O) groups is 1. The summed E-state index contributed by atoms with van der Waals surface area (Å²) in [6.45, 7) is 5.71. The van der Waals surface area contributed by atoms with E-state index in [1.54, 1.807) is 39.0 Å². The largest absolute Gasteiger partial charge is 0.573 e. The average Bonchev–Trinajstić information content (AvgIpc) is 3.18. The molecule has 0 N–H and O–H groups in total. The summed E-state index contributed by atoms with van der Waals surface area (Å²) in [6, 6.07) is 11.5. The predicted molar refractivity (Wildman–Crippen MR) is 141 cm³/mol. The van der Waals surface area contributed by atoms with Gasteiger partial charge in [-0.1, -0.05) is 29.8 Å². The number of hydrogen-bond acceptors (Lipinski definition) is 7. The van der Waals surface area contributed by atoms with E-state index in [0.717, 1.165) is 29.1 Å². The molecule has 8 nitrogen and oxygen atoms in total. The van der Waals surface area contributed by atoms with Gasteiger partial charge in [-0.05, 0) is 87.1 Å². The Kier molecular flexibility index (Phi) is 7.54. The molecule has 1 aliphatic carbocycles. The molecule has 0 fully saturated rings. The Morgan fingerprint density at radius 1 is 1.07 bits per heavy atom. The normalized spacial score (nSPS) is 17.8. The summed E-state index contributed by atoms with van der Waals surface area (Å²) in [7, 11) is 0. The molecule has 1 unspecified atom stereocenters. The number of alkyl halides is 3. The van der Waals surface area contributed by atoms with E-state index in [1.807, 2.05) is 22.8 Å². The van der Waals surface area contributed by atoms with Gasteiger partial charge in [0, 0.05) is 10.9 Å². The molecule has 2 aliphatic rings. The maximum absolute atomic E-state index is 12.7. The first kappa shape index (κ1) is 28.0. The van der Waals surface area contributed by atoms with Gasteiger partial charge in [-0.25, -0.2) is 4.79 Å². The van der Waals surface area contributed by atoms with Crippen LogP contribution in [0.3, 0.4) is 0 Å². The Balaban J connectivity index is 1.40. The second-order valence-corrected chi connectivity index (χ2v) is 11.1. The molecule has 0 amide bonds. The van der Waals surface area contributed by atoms with E-state index in [2.05, 4.69) is 14.9 Å². The highest BCUT2D eigenvalue weighted by Gasteiger charge is 2.32. The van der Waals surface area contributed by atoms with Crippen molar-refractivity contribution in [1.82, 2.24) is 19.8 Å². The molecule has 0 saturated carbocycles. The van der Waals surface area contributed by atoms with Gasteiger partial charge >= 0.3 is 12.5 Å². The van der Waals surface area contributed by atoms with Crippen LogP contribution in [0.5, 0.6) is 5.75 Å². The molecule has 40 heavy (non-hydrogen) atoms. The van der Waals surface area contributed by atoms with E-state index in [4.69, 9.17) is 21.2 Å². The molecule has 1 aromatic heterocycles. The third kappa shape index (κ3) is 6.59. The van der Waals surface area contributed by atoms with Gasteiger partial charge in [0.25, 0.3) is 0 Å². The number of halogens is 4. The molecule has 212 valence electrons. The zero-order chi connectivity index (χ0) is 28.7. The number of rotatable bonds is 4. The third-order valence-corrected chi connectivity index (χ3v) is 6.74. The number of benzene rings is 2. The maximum atomic E-state index is 12.7. The number of nitrogens with zero attached hydrogens (tertiary/aromatic N) is 4. The third-order valence-electron chi connectivity index (χ3n) is 6.51. The smallest absolute Gasteiger partial charge is 0.427 e. The zero-order valence-corrected chi connectivity index (χ0v) is 22.9. The molecule has 0 saturated heterocycles. The lowest BCUT2D eigenvalue weighted by molar-refractivity contribution is -0.274. The molecular formula is C28H28ClF3N4O4. The van der Waals surface area contributed by atoms with Gasteiger partial charge in [-0.2, -0.15) is 0 Å². The second kappa shape index (κ2) is 10.8. The van der Waals surface area contributed by atoms with Crippen LogP contribution in [0.15, 0.2) is 48.5 Å². The molecule has 2 heterocycles. The molecule has 0 bridgehead atoms. The monoisotopic (exact) mass is 576 g/mol. The van der Waals surface area contributed by atoms with E-state index in [9.17, 15) is 18.0 Å². The summed E-state index contributed by atoms with van der Waals surface area (Å²) in [4.78, 5) is 17.9. The SMILES string of the molecule is CC(C)(C)OC(=O)ON1Cc2cc(Cl)ccc2-n2c(nnc2C2CC=C(c3cccc(OC(F)(F)F)c3)CC2)C1. The fourth-order valence-corrected chi connectivity index (χ4v) is 5.12. The Morgan fingerprint density at radius 3 is 2.58 bits per heavy atom. The number of aromatic nitrogens is 3. The Bertz CT molecular complexity index is 1450. The molecule has 2 aromatic carbocycles. The fourth-order valence-electron chi connectivity index (χ4n) is 4.92. The molecule has 5 rings (SSSR count). The van der Waals surface area contributed by atoms with E-state index >= 15 is 0 Å². The van der Waals surface area contributed by atoms with E-state index in [1.165, 1.54) is 17.2 Å². The van der Waals surface area contributed by atoms with Crippen LogP contribution in [0.4, 0.5) is 18.0 Å². The van der Waals surface area contributed by atoms with Gasteiger partial charge in [0.2, 0.25) is 0 Å². The summed E-state index contributed by atoms with van der Waals surface area (Å²) in [6.07, 6.45) is -1.55. The molecule has 3 aromatic rings. The molecule has 0 radical (unpaired) electrons. The number of fused-ring (bicyclic) bond motifs is 3. The lowest BCUT2D eigenvalue weighted by Gasteiger charge is -2.23. The fraction of sp³-hybridized carbons (Fsp3) is 0.393. The average molecular weight is 577 g/mol. The van der Waals surface area contributed by atoms with Gasteiger partial charge in [-0.3, -0.25) is 4.57 Å². The van der Waals surface area contributed by atoms with Crippen molar-refractivity contribution in [3.63, 3.8) is 0 Å². The van der Waals surface area contributed by atoms with Gasteiger partial charge in [0.1, 0.15) is 17.2 Å². The van der Waals surface area contributed by atoms with Crippen molar-refractivity contribution in [3.05, 3.63) is 76.3 Å². The van der Waals surface area contributed by atoms with Crippen LogP contribution in [0.2, 0.25) is 5.02 Å². The maximum Gasteiger partial charge on any atom is 0.573 e. The highest BCUT2D eigenvalue weighted by Crippen LogP contribution is 2.39. The minimum absolute atomic E-state index is 0.0152. The molecule has 12 heteroatoms. The number of hydrogen-bond donors (Lipinski definition) is 0. The van der Waals surface area contributed by atoms with Crippen molar-refractivity contribution in [1.29, 1.82) is 0 Å². The van der Waals surface area contributed by atoms with E-state index in [0.29, 0.717) is 29.3 Å². The van der Waals surface area contributed by atoms with Gasteiger partial charge in [0.15, 0.2) is 5.82 Å². The first-order valence-electron chi connectivity index (χ1n) is 12.8. The highest BCUT2D eigenvalue weighted by atomic mass is 35.5. The predicted octanol–water partition coefficient (Wildman–Crippen LogP) is 7.35. The zero-order valence-electron chi connectivity index (χ0n) is 22.2. The van der Waals surface area contributed by atoms with Crippen LogP contribution < -0.4 is 4.74 Å². The number of hydroxylamine groups is 2. The number of ether oxygens (including phenoxy) is 2. The van der Waals surface area contributed by atoms with E-state index in [-0.39, 0.29) is 24.8 Å². The summed E-state index contributed by atoms with van der Waals surface area (Å²) >= 11 is 6.31. The molecule has 1 atom stereocenters. The quantitative estimate of drug-likeness (QED) is 0.300. The van der Waals surface area contributed by atoms with Crippen molar-refractivity contribution >= 4 is 23.3 Å². The lowest BCUT2D eigenvalue weighted by Crippen LogP contribution is -2.31. The molecule has 1 aliphatic heterocycles. The van der Waals surface area contributed by atoms with Crippen LogP contribution in [-0.4, -0.2) is 37.9 Å². The summed E-state index contributed by atoms with van der Waals surface area (Å²) in [5.74, 6) is 1.11. The second-order valence-electron chi connectivity index (χ2n) is 10.7. The number of allylic oxidation sites excluding steroid dienone is 2. The Hall–Kier alpha value is -3.57. The molecule has 0 spiro atoms. The van der Waals surface area contributed by atoms with Crippen LogP contribution in [0.25, 0.3) is 11.3 Å². The van der Waals surface area contributed by atoms with Gasteiger partial charge in [0.05, 0.1) is 18.8 Å². The summed E-state index contributed by atoms with van der Waals surface area (Å²) in [5, 5.41) is 11.0. The van der Waals surface area contributed by atoms with Crippen molar-refractivity contribution in [2.24, 2.45) is 0 Å². The van der Waals surface area contributed by atoms with Crippen molar-refractivity contribution in [2.75, 3.05) is 0 Å². The first-order valence-corrected chi connectivity index (χ1v) is 13.2. The van der Waals surface area contributed by atoms with Crippen molar-refractivity contribution in [3.8, 4) is 11.4 Å². The minimum Gasteiger partial charge on any atom is -0.427 e. The van der Waals surface area contributed by atoms with Crippen LogP contribution in [-0.2, 0) is 22.7 Å². The van der Waals surface area contributed by atoms with Crippen LogP contribution >= 0.6 is 11.6 Å². The standard InChI is InChI=1S/C28H28ClF3N4O4/c1-27(2,3)39-26(37)40-35-15-20-13-21(29)11-12-23(20)36-24(16-35)33-34-25(36)18-9-7-17(8-10-18)19-5-4-6-22(14-19)38-28(30,31)32/h4-7,11-14,18H,8-10,15-16H2,1-3H3. The number of carbonyl (C=O) groups excluding carboxylic acids is 1. The van der Waals surface area contributed by atoms with Crippen molar-refractivity contribution < 1.29 is 32.3 Å². The summed E-state index contributed by atoms with van der Waals surface area (Å²) in [5.41, 5.74) is 2.59. The van der Waals surface area contributed by atoms with Gasteiger partial charge < -0.3 is 14.3 Å². The topological polar surface area (TPSA) is 78.7 Å². The van der Waals surface area contributed by atoms with Crippen molar-refractivity contribution in [2.45, 2.75) is 71.0 Å². The Morgan fingerprint density at radius 2 is 1.88 bits per heavy atom. The Labute approximate surface area is 234 Å². The minimum atomic E-state index is -4.75. The molecular weight excluding hydrogens is 549 g/mol. The summed E-state index contributed by atoms with van der Waals surface area (Å²) < 4.78 is 49.4. The lowest BCUT2D eigenvalue weighted by atomic mass is 9.86.